The molecule has 0 unspecified atom stereocenters. The van der Waals surface area contributed by atoms with Gasteiger partial charge in [-0.1, -0.05) is 6.08 Å². The van der Waals surface area contributed by atoms with Gasteiger partial charge < -0.3 is 15.3 Å². The number of hydrogen-bond donors (Lipinski definition) is 1. The molecule has 82 valence electrons. The van der Waals surface area contributed by atoms with Crippen molar-refractivity contribution in [3.8, 4) is 0 Å². The number of pyridine rings is 1. The molecule has 0 bridgehead atoms. The monoisotopic (exact) mass is 215 g/mol. The van der Waals surface area contributed by atoms with Crippen molar-refractivity contribution in [3.05, 3.63) is 30.1 Å². The van der Waals surface area contributed by atoms with Crippen molar-refractivity contribution in [1.82, 2.24) is 9.79 Å². The number of rotatable bonds is 3. The summed E-state index contributed by atoms with van der Waals surface area (Å²) in [7, 11) is 0.513. The minimum Gasteiger partial charge on any atom is -0.397 e. The molecular formula is C11H14BN3O. The van der Waals surface area contributed by atoms with Crippen LogP contribution >= 0.6 is 0 Å². The summed E-state index contributed by atoms with van der Waals surface area (Å²) in [4.78, 5) is 16.8. The van der Waals surface area contributed by atoms with E-state index in [9.17, 15) is 4.79 Å². The third kappa shape index (κ3) is 2.49. The van der Waals surface area contributed by atoms with Crippen LogP contribution in [0.4, 0.5) is 5.69 Å². The fourth-order valence-corrected chi connectivity index (χ4v) is 1.81. The van der Waals surface area contributed by atoms with Crippen LogP contribution in [0.3, 0.4) is 0 Å². The molecule has 1 aliphatic heterocycles. The van der Waals surface area contributed by atoms with E-state index in [1.54, 1.807) is 6.20 Å². The molecule has 1 aromatic rings. The summed E-state index contributed by atoms with van der Waals surface area (Å²) in [6.45, 7) is 1.73. The maximum atomic E-state index is 10.4. The van der Waals surface area contributed by atoms with Crippen LogP contribution in [0.2, 0.25) is 0 Å². The van der Waals surface area contributed by atoms with Gasteiger partial charge in [0.15, 0.2) is 0 Å². The SMILES string of the molecule is Nc1ccc(C2=CCN(BC=O)CC2)nc1. The molecule has 0 fully saturated rings. The molecule has 1 aliphatic rings. The first-order valence-electron chi connectivity index (χ1n) is 5.36. The first kappa shape index (κ1) is 10.9. The molecule has 2 rings (SSSR count). The Balaban J connectivity index is 2.07. The van der Waals surface area contributed by atoms with Gasteiger partial charge in [0.1, 0.15) is 0 Å². The Kier molecular flexibility index (Phi) is 3.36. The minimum absolute atomic E-state index is 0.513. The van der Waals surface area contributed by atoms with Gasteiger partial charge in [0.25, 0.3) is 7.41 Å². The molecule has 2 N–H and O–H groups in total. The quantitative estimate of drug-likeness (QED) is 0.581. The lowest BCUT2D eigenvalue weighted by Crippen LogP contribution is -2.32. The molecule has 16 heavy (non-hydrogen) atoms. The fraction of sp³-hybridized carbons (Fsp3) is 0.273. The second-order valence-corrected chi connectivity index (χ2v) is 3.88. The van der Waals surface area contributed by atoms with E-state index in [-0.39, 0.29) is 0 Å². The summed E-state index contributed by atoms with van der Waals surface area (Å²) in [5.74, 6) is 0. The lowest BCUT2D eigenvalue weighted by atomic mass is 9.90. The topological polar surface area (TPSA) is 59.2 Å². The van der Waals surface area contributed by atoms with Crippen molar-refractivity contribution in [3.63, 3.8) is 0 Å². The zero-order chi connectivity index (χ0) is 11.4. The fourth-order valence-electron chi connectivity index (χ4n) is 1.81. The number of anilines is 1. The van der Waals surface area contributed by atoms with E-state index in [0.717, 1.165) is 31.4 Å². The normalized spacial score (nSPS) is 16.6. The minimum atomic E-state index is 0.513. The number of carbonyl (C=O) groups excluding carboxylic acids is 1. The standard InChI is InChI=1S/C11H14BN3O/c13-10-1-2-11(14-7-10)9-3-5-15(6-4-9)12-8-16/h1-3,7-8,12H,4-6,13H2. The zero-order valence-corrected chi connectivity index (χ0v) is 9.10. The molecular weight excluding hydrogens is 201 g/mol. The first-order chi connectivity index (χ1) is 7.79. The number of carbonyl (C=O) groups is 1. The summed E-state index contributed by atoms with van der Waals surface area (Å²) < 4.78 is 0. The number of nitrogen functional groups attached to an aromatic ring is 1. The van der Waals surface area contributed by atoms with Crippen molar-refractivity contribution in [1.29, 1.82) is 0 Å². The average Bonchev–Trinajstić information content (AvgIpc) is 2.32. The highest BCUT2D eigenvalue weighted by Crippen LogP contribution is 2.20. The van der Waals surface area contributed by atoms with Gasteiger partial charge in [0, 0.05) is 6.54 Å². The van der Waals surface area contributed by atoms with E-state index >= 15 is 0 Å². The Hall–Kier alpha value is -1.62. The molecule has 0 amide bonds. The largest absolute Gasteiger partial charge is 0.397 e. The number of aromatic nitrogens is 1. The molecule has 1 aromatic heterocycles. The Morgan fingerprint density at radius 1 is 1.50 bits per heavy atom. The highest BCUT2D eigenvalue weighted by Gasteiger charge is 2.13. The van der Waals surface area contributed by atoms with Crippen LogP contribution in [-0.2, 0) is 4.79 Å². The average molecular weight is 215 g/mol. The van der Waals surface area contributed by atoms with Gasteiger partial charge in [-0.15, -0.1) is 0 Å². The number of nitrogens with two attached hydrogens (primary N) is 1. The Bertz CT molecular complexity index is 402. The molecule has 0 spiro atoms. The number of nitrogens with zero attached hydrogens (tertiary/aromatic N) is 2. The lowest BCUT2D eigenvalue weighted by molar-refractivity contribution is 0.487. The van der Waals surface area contributed by atoms with Crippen LogP contribution in [0.1, 0.15) is 12.1 Å². The van der Waals surface area contributed by atoms with Gasteiger partial charge in [-0.05, 0) is 30.7 Å². The van der Waals surface area contributed by atoms with Gasteiger partial charge in [-0.3, -0.25) is 4.98 Å². The summed E-state index contributed by atoms with van der Waals surface area (Å²) in [5, 5.41) is 0. The molecule has 5 heteroatoms. The van der Waals surface area contributed by atoms with E-state index in [4.69, 9.17) is 5.73 Å². The van der Waals surface area contributed by atoms with Gasteiger partial charge in [-0.2, -0.15) is 0 Å². The highest BCUT2D eigenvalue weighted by molar-refractivity contribution is 6.64. The van der Waals surface area contributed by atoms with Crippen LogP contribution in [0, 0.1) is 0 Å². The first-order valence-corrected chi connectivity index (χ1v) is 5.36. The summed E-state index contributed by atoms with van der Waals surface area (Å²) >= 11 is 0. The molecule has 2 heterocycles. The van der Waals surface area contributed by atoms with E-state index in [1.807, 2.05) is 12.1 Å². The number of hydrogen-bond acceptors (Lipinski definition) is 4. The molecule has 4 nitrogen and oxygen atoms in total. The van der Waals surface area contributed by atoms with E-state index < -0.39 is 0 Å². The van der Waals surface area contributed by atoms with Crippen molar-refractivity contribution in [2.24, 2.45) is 0 Å². The van der Waals surface area contributed by atoms with Crippen molar-refractivity contribution < 1.29 is 4.79 Å². The van der Waals surface area contributed by atoms with E-state index in [0.29, 0.717) is 13.1 Å². The Labute approximate surface area is 95.4 Å². The van der Waals surface area contributed by atoms with Crippen molar-refractivity contribution in [2.45, 2.75) is 6.42 Å². The maximum absolute atomic E-state index is 10.4. The van der Waals surface area contributed by atoms with Crippen LogP contribution in [0.15, 0.2) is 24.4 Å². The second kappa shape index (κ2) is 4.94. The highest BCUT2D eigenvalue weighted by atomic mass is 16.1. The molecule has 0 aliphatic carbocycles. The van der Waals surface area contributed by atoms with Crippen LogP contribution in [0.25, 0.3) is 5.57 Å². The molecule has 0 saturated heterocycles. The van der Waals surface area contributed by atoms with Crippen LogP contribution in [-0.4, -0.2) is 36.5 Å². The third-order valence-corrected chi connectivity index (χ3v) is 2.74. The van der Waals surface area contributed by atoms with Gasteiger partial charge >= 0.3 is 0 Å². The van der Waals surface area contributed by atoms with Crippen LogP contribution < -0.4 is 5.73 Å². The second-order valence-electron chi connectivity index (χ2n) is 3.88. The molecule has 0 aromatic carbocycles. The predicted molar refractivity (Wildman–Crippen MR) is 66.7 cm³/mol. The van der Waals surface area contributed by atoms with Crippen LogP contribution in [0.5, 0.6) is 0 Å². The third-order valence-electron chi connectivity index (χ3n) is 2.74. The lowest BCUT2D eigenvalue weighted by Gasteiger charge is -2.23. The Morgan fingerprint density at radius 2 is 2.38 bits per heavy atom. The predicted octanol–water partition coefficient (Wildman–Crippen LogP) is 0.295. The van der Waals surface area contributed by atoms with Crippen molar-refractivity contribution in [2.75, 3.05) is 18.8 Å². The molecule has 0 radical (unpaired) electrons. The van der Waals surface area contributed by atoms with Gasteiger partial charge in [0.2, 0.25) is 0 Å². The van der Waals surface area contributed by atoms with Crippen molar-refractivity contribution >= 4 is 24.9 Å². The molecule has 0 atom stereocenters. The Morgan fingerprint density at radius 3 is 2.94 bits per heavy atom. The summed E-state index contributed by atoms with van der Waals surface area (Å²) in [5.41, 5.74) is 8.50. The molecule has 0 saturated carbocycles. The zero-order valence-electron chi connectivity index (χ0n) is 9.10. The summed E-state index contributed by atoms with van der Waals surface area (Å²) in [6, 6.07) is 3.80. The van der Waals surface area contributed by atoms with E-state index in [1.165, 1.54) is 5.57 Å². The summed E-state index contributed by atoms with van der Waals surface area (Å²) in [6.07, 6.45) is 5.69. The van der Waals surface area contributed by atoms with Gasteiger partial charge in [0.05, 0.1) is 23.8 Å². The maximum Gasteiger partial charge on any atom is 0.281 e. The smallest absolute Gasteiger partial charge is 0.281 e. The van der Waals surface area contributed by atoms with E-state index in [2.05, 4.69) is 15.9 Å². The van der Waals surface area contributed by atoms with Gasteiger partial charge in [-0.25, -0.2) is 0 Å².